The van der Waals surface area contributed by atoms with Gasteiger partial charge in [-0.15, -0.1) is 0 Å². The number of aromatic nitrogens is 3. The average Bonchev–Trinajstić information content (AvgIpc) is 2.62. The third kappa shape index (κ3) is 3.77. The van der Waals surface area contributed by atoms with E-state index in [1.807, 2.05) is 19.9 Å². The monoisotopic (exact) mass is 372 g/mol. The second-order valence-corrected chi connectivity index (χ2v) is 7.22. The van der Waals surface area contributed by atoms with Gasteiger partial charge in [-0.2, -0.15) is 0 Å². The maximum absolute atomic E-state index is 12.4. The number of carbonyl (C=O) groups excluding carboxylic acids is 1. The molecule has 0 saturated carbocycles. The van der Waals surface area contributed by atoms with Crippen LogP contribution < -0.4 is 15.8 Å². The van der Waals surface area contributed by atoms with Gasteiger partial charge in [-0.25, -0.2) is 9.97 Å². The van der Waals surface area contributed by atoms with Gasteiger partial charge < -0.3 is 15.8 Å². The molecule has 9 heteroatoms. The topological polar surface area (TPSA) is 115 Å². The molecule has 1 aliphatic rings. The quantitative estimate of drug-likeness (QED) is 0.844. The van der Waals surface area contributed by atoms with E-state index in [-0.39, 0.29) is 11.6 Å². The summed E-state index contributed by atoms with van der Waals surface area (Å²) in [5.41, 5.74) is 7.63. The SMILES string of the molecule is COc1ncc(NC(=O)c2cnc(C)cn2)cc1[C@]1(C)CCSC(N)=N1. The lowest BCUT2D eigenvalue weighted by Crippen LogP contribution is -2.29. The number of amidine groups is 1. The summed E-state index contributed by atoms with van der Waals surface area (Å²) in [6.07, 6.45) is 5.31. The predicted octanol–water partition coefficient (Wildman–Crippen LogP) is 2.11. The van der Waals surface area contributed by atoms with Crippen LogP contribution in [0, 0.1) is 6.92 Å². The maximum atomic E-state index is 12.4. The first kappa shape index (κ1) is 18.1. The maximum Gasteiger partial charge on any atom is 0.275 e. The van der Waals surface area contributed by atoms with Crippen LogP contribution in [0.3, 0.4) is 0 Å². The molecular formula is C17H20N6O2S. The minimum atomic E-state index is -0.557. The number of nitrogens with two attached hydrogens (primary N) is 1. The number of rotatable bonds is 4. The summed E-state index contributed by atoms with van der Waals surface area (Å²) in [5, 5.41) is 3.33. The van der Waals surface area contributed by atoms with Gasteiger partial charge in [0.1, 0.15) is 5.69 Å². The number of ether oxygens (including phenoxy) is 1. The van der Waals surface area contributed by atoms with Crippen molar-refractivity contribution in [1.82, 2.24) is 15.0 Å². The van der Waals surface area contributed by atoms with Crippen molar-refractivity contribution >= 4 is 28.5 Å². The van der Waals surface area contributed by atoms with Crippen LogP contribution in [0.4, 0.5) is 5.69 Å². The largest absolute Gasteiger partial charge is 0.481 e. The molecule has 3 N–H and O–H groups in total. The zero-order valence-corrected chi connectivity index (χ0v) is 15.6. The number of anilines is 1. The number of pyridine rings is 1. The van der Waals surface area contributed by atoms with Crippen LogP contribution >= 0.6 is 11.8 Å². The molecule has 0 spiro atoms. The van der Waals surface area contributed by atoms with Crippen molar-refractivity contribution < 1.29 is 9.53 Å². The Bertz CT molecular complexity index is 855. The Labute approximate surface area is 155 Å². The van der Waals surface area contributed by atoms with E-state index in [0.29, 0.717) is 16.7 Å². The molecule has 2 aromatic rings. The normalized spacial score (nSPS) is 19.6. The van der Waals surface area contributed by atoms with Gasteiger partial charge in [0, 0.05) is 17.5 Å². The minimum Gasteiger partial charge on any atom is -0.481 e. The average molecular weight is 372 g/mol. The molecule has 1 atom stereocenters. The molecule has 2 aromatic heterocycles. The molecule has 8 nitrogen and oxygen atoms in total. The molecule has 3 rings (SSSR count). The molecule has 0 aromatic carbocycles. The fourth-order valence-corrected chi connectivity index (χ4v) is 3.63. The molecule has 1 amide bonds. The number of nitrogens with zero attached hydrogens (tertiary/aromatic N) is 4. The molecule has 0 unspecified atom stereocenters. The minimum absolute atomic E-state index is 0.232. The fraction of sp³-hybridized carbons (Fsp3) is 0.353. The van der Waals surface area contributed by atoms with E-state index < -0.39 is 5.54 Å². The lowest BCUT2D eigenvalue weighted by molar-refractivity contribution is 0.102. The highest BCUT2D eigenvalue weighted by Crippen LogP contribution is 2.39. The molecule has 26 heavy (non-hydrogen) atoms. The predicted molar refractivity (Wildman–Crippen MR) is 102 cm³/mol. The smallest absolute Gasteiger partial charge is 0.275 e. The summed E-state index contributed by atoms with van der Waals surface area (Å²) < 4.78 is 5.39. The second-order valence-electron chi connectivity index (χ2n) is 6.10. The first-order valence-corrected chi connectivity index (χ1v) is 9.02. The number of aliphatic imine (C=N–C) groups is 1. The Hall–Kier alpha value is -2.68. The van der Waals surface area contributed by atoms with Gasteiger partial charge in [-0.1, -0.05) is 11.8 Å². The van der Waals surface area contributed by atoms with Crippen molar-refractivity contribution in [3.63, 3.8) is 0 Å². The molecular weight excluding hydrogens is 352 g/mol. The van der Waals surface area contributed by atoms with Crippen LogP contribution in [0.25, 0.3) is 0 Å². The Balaban J connectivity index is 1.91. The Kier molecular flexibility index (Phi) is 5.08. The van der Waals surface area contributed by atoms with Gasteiger partial charge in [-0.05, 0) is 26.3 Å². The summed E-state index contributed by atoms with van der Waals surface area (Å²) in [7, 11) is 1.56. The highest BCUT2D eigenvalue weighted by atomic mass is 32.2. The first-order valence-electron chi connectivity index (χ1n) is 8.04. The zero-order chi connectivity index (χ0) is 18.7. The zero-order valence-electron chi connectivity index (χ0n) is 14.8. The van der Waals surface area contributed by atoms with Gasteiger partial charge in [0.05, 0.1) is 36.4 Å². The molecule has 0 radical (unpaired) electrons. The summed E-state index contributed by atoms with van der Waals surface area (Å²) in [6.45, 7) is 3.79. The van der Waals surface area contributed by atoms with Crippen LogP contribution in [-0.4, -0.2) is 38.9 Å². The van der Waals surface area contributed by atoms with Crippen molar-refractivity contribution in [2.75, 3.05) is 18.2 Å². The number of methoxy groups -OCH3 is 1. The number of hydrogen-bond acceptors (Lipinski definition) is 8. The summed E-state index contributed by atoms with van der Waals surface area (Å²) in [6, 6.07) is 1.82. The van der Waals surface area contributed by atoms with Crippen LogP contribution in [0.2, 0.25) is 0 Å². The van der Waals surface area contributed by atoms with Crippen molar-refractivity contribution in [2.24, 2.45) is 10.7 Å². The molecule has 0 saturated heterocycles. The fourth-order valence-electron chi connectivity index (χ4n) is 2.65. The third-order valence-corrected chi connectivity index (χ3v) is 4.89. The molecule has 136 valence electrons. The molecule has 0 fully saturated rings. The molecule has 3 heterocycles. The van der Waals surface area contributed by atoms with Crippen LogP contribution in [0.1, 0.15) is 35.1 Å². The number of hydrogen-bond donors (Lipinski definition) is 2. The lowest BCUT2D eigenvalue weighted by Gasteiger charge is -2.30. The van der Waals surface area contributed by atoms with Gasteiger partial charge in [0.25, 0.3) is 5.91 Å². The van der Waals surface area contributed by atoms with E-state index in [1.54, 1.807) is 13.3 Å². The molecule has 0 bridgehead atoms. The van der Waals surface area contributed by atoms with E-state index in [4.69, 9.17) is 10.5 Å². The number of amides is 1. The van der Waals surface area contributed by atoms with Crippen molar-refractivity contribution in [3.8, 4) is 5.88 Å². The van der Waals surface area contributed by atoms with Crippen LogP contribution in [-0.2, 0) is 5.54 Å². The Morgan fingerprint density at radius 3 is 2.77 bits per heavy atom. The molecule has 0 aliphatic carbocycles. The van der Waals surface area contributed by atoms with Gasteiger partial charge in [0.15, 0.2) is 5.17 Å². The van der Waals surface area contributed by atoms with Crippen molar-refractivity contribution in [3.05, 3.63) is 41.6 Å². The van der Waals surface area contributed by atoms with E-state index >= 15 is 0 Å². The van der Waals surface area contributed by atoms with Crippen molar-refractivity contribution in [2.45, 2.75) is 25.8 Å². The standard InChI is InChI=1S/C17H20N6O2S/c1-10-7-20-13(9-19-10)14(24)22-11-6-12(15(25-3)21-8-11)17(2)4-5-26-16(18)23-17/h6-9H,4-5H2,1-3H3,(H2,18,23)(H,22,24)/t17-/m0/s1. The highest BCUT2D eigenvalue weighted by molar-refractivity contribution is 8.13. The van der Waals surface area contributed by atoms with Crippen LogP contribution in [0.5, 0.6) is 5.88 Å². The summed E-state index contributed by atoms with van der Waals surface area (Å²) >= 11 is 1.52. The van der Waals surface area contributed by atoms with Gasteiger partial charge >= 0.3 is 0 Å². The molecule has 1 aliphatic heterocycles. The van der Waals surface area contributed by atoms with Crippen molar-refractivity contribution in [1.29, 1.82) is 0 Å². The van der Waals surface area contributed by atoms with Gasteiger partial charge in [-0.3, -0.25) is 14.8 Å². The van der Waals surface area contributed by atoms with E-state index in [9.17, 15) is 4.79 Å². The van der Waals surface area contributed by atoms with E-state index in [1.165, 1.54) is 24.2 Å². The highest BCUT2D eigenvalue weighted by Gasteiger charge is 2.33. The van der Waals surface area contributed by atoms with E-state index in [2.05, 4.69) is 25.3 Å². The number of carbonyl (C=O) groups is 1. The number of nitrogens with one attached hydrogen (secondary N) is 1. The lowest BCUT2D eigenvalue weighted by atomic mass is 9.90. The van der Waals surface area contributed by atoms with E-state index in [0.717, 1.165) is 23.4 Å². The van der Waals surface area contributed by atoms with Gasteiger partial charge in [0.2, 0.25) is 5.88 Å². The Morgan fingerprint density at radius 1 is 1.31 bits per heavy atom. The second kappa shape index (κ2) is 7.28. The first-order chi connectivity index (χ1) is 12.4. The summed E-state index contributed by atoms with van der Waals surface area (Å²) in [5.74, 6) is 0.955. The number of aryl methyl sites for hydroxylation is 1. The van der Waals surface area contributed by atoms with Crippen LogP contribution in [0.15, 0.2) is 29.6 Å². The summed E-state index contributed by atoms with van der Waals surface area (Å²) in [4.78, 5) is 29.4. The Morgan fingerprint density at radius 2 is 2.12 bits per heavy atom. The number of thioether (sulfide) groups is 1. The third-order valence-electron chi connectivity index (χ3n) is 4.09.